The molecule has 2 aliphatic rings. The Hall–Kier alpha value is -2.20. The predicted octanol–water partition coefficient (Wildman–Crippen LogP) is 5.54. The highest BCUT2D eigenvalue weighted by molar-refractivity contribution is 8.32. The second-order valence-corrected chi connectivity index (χ2v) is 13.8. The van der Waals surface area contributed by atoms with Crippen LogP contribution in [0, 0.1) is 17.8 Å². The van der Waals surface area contributed by atoms with Gasteiger partial charge in [-0.25, -0.2) is 10.0 Å². The number of rotatable bonds is 8. The van der Waals surface area contributed by atoms with Crippen molar-refractivity contribution in [3.63, 3.8) is 0 Å². The molecule has 2 aliphatic carbocycles. The molecule has 3 unspecified atom stereocenters. The summed E-state index contributed by atoms with van der Waals surface area (Å²) in [6, 6.07) is 18.5. The van der Waals surface area contributed by atoms with Crippen LogP contribution in [0.1, 0.15) is 24.0 Å². The van der Waals surface area contributed by atoms with Crippen molar-refractivity contribution >= 4 is 21.6 Å². The zero-order valence-electron chi connectivity index (χ0n) is 18.2. The number of fused-ring (bicyclic) bond motifs is 2. The van der Waals surface area contributed by atoms with E-state index in [0.29, 0.717) is 25.0 Å². The van der Waals surface area contributed by atoms with Gasteiger partial charge in [-0.3, -0.25) is 4.79 Å². The average molecular weight is 425 g/mol. The van der Waals surface area contributed by atoms with Crippen molar-refractivity contribution in [2.75, 3.05) is 31.1 Å². The Labute approximate surface area is 181 Å². The van der Waals surface area contributed by atoms with Gasteiger partial charge in [0.25, 0.3) is 0 Å². The lowest BCUT2D eigenvalue weighted by molar-refractivity contribution is -0.149. The highest BCUT2D eigenvalue weighted by Crippen LogP contribution is 2.52. The first-order valence-electron chi connectivity index (χ1n) is 10.7. The van der Waals surface area contributed by atoms with E-state index in [1.165, 1.54) is 11.1 Å². The van der Waals surface area contributed by atoms with Gasteiger partial charge in [0.2, 0.25) is 0 Å². The molecule has 2 aromatic carbocycles. The topological polar surface area (TPSA) is 35.5 Å². The lowest BCUT2D eigenvalue weighted by Crippen LogP contribution is -2.24. The van der Waals surface area contributed by atoms with Crippen LogP contribution < -0.4 is 4.74 Å². The minimum absolute atomic E-state index is 0.000199. The largest absolute Gasteiger partial charge is 0.489 e. The lowest BCUT2D eigenvalue weighted by atomic mass is 9.89. The molecule has 3 nitrogen and oxygen atoms in total. The SMILES string of the molecule is CS(C)(C)CCOC(=O)C1C2C=C(c3ccc(OCc4ccccc4)cc3)C1CC2. The Morgan fingerprint density at radius 2 is 1.73 bits per heavy atom. The molecule has 0 radical (unpaired) electrons. The zero-order chi connectivity index (χ0) is 21.1. The normalized spacial score (nSPS) is 23.2. The number of hydrogen-bond donors (Lipinski definition) is 0. The van der Waals surface area contributed by atoms with Crippen molar-refractivity contribution in [1.82, 2.24) is 0 Å². The number of hydrogen-bond acceptors (Lipinski definition) is 3. The summed E-state index contributed by atoms with van der Waals surface area (Å²) in [6.07, 6.45) is 11.3. The molecule has 1 fully saturated rings. The van der Waals surface area contributed by atoms with Crippen LogP contribution in [0.5, 0.6) is 5.75 Å². The molecule has 0 heterocycles. The Morgan fingerprint density at radius 1 is 1.00 bits per heavy atom. The molecule has 0 saturated heterocycles. The van der Waals surface area contributed by atoms with Gasteiger partial charge in [0, 0.05) is 5.75 Å². The maximum absolute atomic E-state index is 12.8. The van der Waals surface area contributed by atoms with E-state index in [-0.39, 0.29) is 11.9 Å². The van der Waals surface area contributed by atoms with Crippen LogP contribution in [-0.2, 0) is 16.1 Å². The van der Waals surface area contributed by atoms with E-state index in [1.54, 1.807) is 0 Å². The van der Waals surface area contributed by atoms with Gasteiger partial charge in [0.05, 0.1) is 12.5 Å². The van der Waals surface area contributed by atoms with Crippen molar-refractivity contribution in [3.05, 3.63) is 71.8 Å². The fourth-order valence-corrected chi connectivity index (χ4v) is 5.13. The third-order valence-electron chi connectivity index (χ3n) is 6.15. The number of ether oxygens (including phenoxy) is 2. The monoisotopic (exact) mass is 424 g/mol. The molecule has 0 N–H and O–H groups in total. The van der Waals surface area contributed by atoms with E-state index in [2.05, 4.69) is 49.1 Å². The highest BCUT2D eigenvalue weighted by Gasteiger charge is 2.47. The van der Waals surface area contributed by atoms with Gasteiger partial charge in [0.1, 0.15) is 12.4 Å². The van der Waals surface area contributed by atoms with E-state index < -0.39 is 10.0 Å². The number of allylic oxidation sites excluding steroid dienone is 2. The van der Waals surface area contributed by atoms with E-state index in [0.717, 1.165) is 29.9 Å². The van der Waals surface area contributed by atoms with Crippen molar-refractivity contribution in [2.45, 2.75) is 19.4 Å². The molecule has 3 atom stereocenters. The van der Waals surface area contributed by atoms with Gasteiger partial charge < -0.3 is 9.47 Å². The summed E-state index contributed by atoms with van der Waals surface area (Å²) >= 11 is 0. The second kappa shape index (κ2) is 8.89. The van der Waals surface area contributed by atoms with E-state index in [1.807, 2.05) is 30.3 Å². The second-order valence-electron chi connectivity index (χ2n) is 9.26. The van der Waals surface area contributed by atoms with Crippen LogP contribution in [0.15, 0.2) is 60.7 Å². The number of esters is 1. The van der Waals surface area contributed by atoms with Crippen molar-refractivity contribution in [2.24, 2.45) is 17.8 Å². The first-order valence-corrected chi connectivity index (χ1v) is 13.7. The number of carbonyl (C=O) groups excluding carboxylic acids is 1. The first-order chi connectivity index (χ1) is 14.4. The van der Waals surface area contributed by atoms with Gasteiger partial charge in [-0.15, -0.1) is 0 Å². The summed E-state index contributed by atoms with van der Waals surface area (Å²) in [4.78, 5) is 12.8. The van der Waals surface area contributed by atoms with Gasteiger partial charge in [-0.1, -0.05) is 48.5 Å². The first kappa shape index (κ1) is 21.0. The third kappa shape index (κ3) is 4.92. The summed E-state index contributed by atoms with van der Waals surface area (Å²) in [6.45, 7) is 1.12. The Morgan fingerprint density at radius 3 is 2.43 bits per heavy atom. The average Bonchev–Trinajstić information content (AvgIpc) is 3.31. The number of carbonyl (C=O) groups is 1. The van der Waals surface area contributed by atoms with E-state index in [4.69, 9.17) is 9.47 Å². The molecule has 1 saturated carbocycles. The van der Waals surface area contributed by atoms with Crippen molar-refractivity contribution in [3.8, 4) is 5.75 Å². The summed E-state index contributed by atoms with van der Waals surface area (Å²) in [7, 11) is -0.637. The minimum Gasteiger partial charge on any atom is -0.489 e. The van der Waals surface area contributed by atoms with Crippen LogP contribution in [0.25, 0.3) is 5.57 Å². The van der Waals surface area contributed by atoms with Crippen LogP contribution in [0.4, 0.5) is 0 Å². The summed E-state index contributed by atoms with van der Waals surface area (Å²) in [5.74, 6) is 2.47. The van der Waals surface area contributed by atoms with Gasteiger partial charge in [0.15, 0.2) is 0 Å². The van der Waals surface area contributed by atoms with Crippen LogP contribution in [0.3, 0.4) is 0 Å². The van der Waals surface area contributed by atoms with Crippen molar-refractivity contribution in [1.29, 1.82) is 0 Å². The Bertz CT molecular complexity index is 896. The molecule has 0 spiro atoms. The predicted molar refractivity (Wildman–Crippen MR) is 126 cm³/mol. The molecule has 0 aliphatic heterocycles. The van der Waals surface area contributed by atoms with Crippen LogP contribution >= 0.6 is 10.0 Å². The molecule has 4 heteroatoms. The number of benzene rings is 2. The molecule has 2 bridgehead atoms. The zero-order valence-corrected chi connectivity index (χ0v) is 19.0. The fraction of sp³-hybridized carbons (Fsp3) is 0.423. The van der Waals surface area contributed by atoms with Gasteiger partial charge >= 0.3 is 5.97 Å². The smallest absolute Gasteiger partial charge is 0.310 e. The lowest BCUT2D eigenvalue weighted by Gasteiger charge is -2.25. The molecule has 2 aromatic rings. The molecule has 0 aromatic heterocycles. The molecule has 30 heavy (non-hydrogen) atoms. The standard InChI is InChI=1S/C26H32O3S/c1-30(2,3)16-15-28-26(27)25-21-11-14-23(25)24(17-21)20-9-12-22(13-10-20)29-18-19-7-5-4-6-8-19/h4-10,12-13,17,21,23,25H,11,14-16,18H2,1-3H3. The third-order valence-corrected chi connectivity index (χ3v) is 7.54. The fourth-order valence-electron chi connectivity index (χ4n) is 4.54. The van der Waals surface area contributed by atoms with Crippen LogP contribution in [-0.4, -0.2) is 37.1 Å². The molecule has 4 rings (SSSR count). The van der Waals surface area contributed by atoms with Crippen LogP contribution in [0.2, 0.25) is 0 Å². The van der Waals surface area contributed by atoms with Gasteiger partial charge in [-0.2, -0.15) is 0 Å². The maximum Gasteiger partial charge on any atom is 0.310 e. The highest BCUT2D eigenvalue weighted by atomic mass is 32.3. The minimum atomic E-state index is -0.637. The summed E-state index contributed by atoms with van der Waals surface area (Å²) in [5.41, 5.74) is 3.67. The molecule has 0 amide bonds. The van der Waals surface area contributed by atoms with E-state index >= 15 is 0 Å². The quantitative estimate of drug-likeness (QED) is 0.522. The Balaban J connectivity index is 1.36. The molecular weight excluding hydrogens is 392 g/mol. The summed E-state index contributed by atoms with van der Waals surface area (Å²) < 4.78 is 11.6. The van der Waals surface area contributed by atoms with Gasteiger partial charge in [-0.05, 0) is 72.3 Å². The molecular formula is C26H32O3S. The maximum atomic E-state index is 12.8. The van der Waals surface area contributed by atoms with Crippen molar-refractivity contribution < 1.29 is 14.3 Å². The Kier molecular flexibility index (Phi) is 6.24. The van der Waals surface area contributed by atoms with E-state index in [9.17, 15) is 4.79 Å². The molecule has 160 valence electrons. The summed E-state index contributed by atoms with van der Waals surface area (Å²) in [5, 5.41) is 0.